The zero-order chi connectivity index (χ0) is 16.5. The molecule has 0 saturated heterocycles. The van der Waals surface area contributed by atoms with Crippen LogP contribution in [0.2, 0.25) is 0 Å². The van der Waals surface area contributed by atoms with E-state index in [0.29, 0.717) is 5.65 Å². The van der Waals surface area contributed by atoms with Crippen molar-refractivity contribution in [1.29, 1.82) is 0 Å². The highest BCUT2D eigenvalue weighted by Crippen LogP contribution is 2.30. The van der Waals surface area contributed by atoms with E-state index in [1.807, 2.05) is 41.8 Å². The Morgan fingerprint density at radius 2 is 2.04 bits per heavy atom. The summed E-state index contributed by atoms with van der Waals surface area (Å²) < 4.78 is 3.44. The number of fused-ring (bicyclic) bond motifs is 1. The predicted molar refractivity (Wildman–Crippen MR) is 96.0 cm³/mol. The minimum Gasteiger partial charge on any atom is -0.280 e. The molecule has 0 radical (unpaired) electrons. The molecule has 0 N–H and O–H groups in total. The van der Waals surface area contributed by atoms with Crippen LogP contribution < -0.4 is 5.56 Å². The summed E-state index contributed by atoms with van der Waals surface area (Å²) in [5, 5.41) is 9.17. The van der Waals surface area contributed by atoms with E-state index < -0.39 is 0 Å². The highest BCUT2D eigenvalue weighted by atomic mass is 32.2. The fourth-order valence-electron chi connectivity index (χ4n) is 3.31. The summed E-state index contributed by atoms with van der Waals surface area (Å²) >= 11 is 1.71. The van der Waals surface area contributed by atoms with Gasteiger partial charge in [-0.2, -0.15) is 0 Å². The predicted octanol–water partition coefficient (Wildman–Crippen LogP) is 3.47. The summed E-state index contributed by atoms with van der Waals surface area (Å²) in [6.45, 7) is 2.02. The molecule has 1 saturated carbocycles. The molecule has 3 aromatic rings. The fraction of sp³-hybridized carbons (Fsp3) is 0.389. The van der Waals surface area contributed by atoms with Crippen LogP contribution in [-0.2, 0) is 0 Å². The Labute approximate surface area is 144 Å². The third-order valence-electron chi connectivity index (χ3n) is 4.64. The first-order valence-corrected chi connectivity index (χ1v) is 9.37. The standard InChI is InChI=1S/C18H20N4OS/c1-13-5-4-8-15(11-13)21-9-10-22-16(17(21)23)19-20-18(22)24-12-14-6-2-3-7-14/h4-5,8-11,14H,2-3,6-7,12H2,1H3. The summed E-state index contributed by atoms with van der Waals surface area (Å²) in [5.41, 5.74) is 2.22. The summed E-state index contributed by atoms with van der Waals surface area (Å²) in [4.78, 5) is 12.7. The molecule has 2 aromatic heterocycles. The lowest BCUT2D eigenvalue weighted by atomic mass is 10.1. The van der Waals surface area contributed by atoms with Crippen molar-refractivity contribution < 1.29 is 0 Å². The Balaban J connectivity index is 1.66. The van der Waals surface area contributed by atoms with Crippen molar-refractivity contribution >= 4 is 17.4 Å². The second-order valence-corrected chi connectivity index (χ2v) is 7.44. The molecule has 24 heavy (non-hydrogen) atoms. The molecule has 1 fully saturated rings. The van der Waals surface area contributed by atoms with Gasteiger partial charge in [0.15, 0.2) is 5.16 Å². The number of thioether (sulfide) groups is 1. The Morgan fingerprint density at radius 3 is 2.83 bits per heavy atom. The van der Waals surface area contributed by atoms with Gasteiger partial charge in [-0.15, -0.1) is 10.2 Å². The van der Waals surface area contributed by atoms with Crippen LogP contribution >= 0.6 is 11.8 Å². The van der Waals surface area contributed by atoms with Crippen LogP contribution in [0, 0.1) is 12.8 Å². The third-order valence-corrected chi connectivity index (χ3v) is 5.82. The second-order valence-electron chi connectivity index (χ2n) is 6.45. The van der Waals surface area contributed by atoms with Crippen molar-refractivity contribution in [3.63, 3.8) is 0 Å². The molecular weight excluding hydrogens is 320 g/mol. The number of aryl methyl sites for hydroxylation is 1. The SMILES string of the molecule is Cc1cccc(-n2ccn3c(SCC4CCCC4)nnc3c2=O)c1. The maximum atomic E-state index is 12.7. The molecular formula is C18H20N4OS. The van der Waals surface area contributed by atoms with Gasteiger partial charge < -0.3 is 0 Å². The van der Waals surface area contributed by atoms with Gasteiger partial charge in [-0.25, -0.2) is 0 Å². The quantitative estimate of drug-likeness (QED) is 0.683. The fourth-order valence-corrected chi connectivity index (χ4v) is 4.42. The molecule has 0 amide bonds. The van der Waals surface area contributed by atoms with E-state index in [-0.39, 0.29) is 5.56 Å². The maximum Gasteiger partial charge on any atom is 0.300 e. The lowest BCUT2D eigenvalue weighted by molar-refractivity contribution is 0.622. The molecule has 4 rings (SSSR count). The van der Waals surface area contributed by atoms with Crippen molar-refractivity contribution in [1.82, 2.24) is 19.2 Å². The summed E-state index contributed by atoms with van der Waals surface area (Å²) in [6, 6.07) is 7.89. The van der Waals surface area contributed by atoms with Gasteiger partial charge in [0.05, 0.1) is 0 Å². The van der Waals surface area contributed by atoms with Crippen molar-refractivity contribution in [3.8, 4) is 5.69 Å². The van der Waals surface area contributed by atoms with E-state index >= 15 is 0 Å². The van der Waals surface area contributed by atoms with Crippen molar-refractivity contribution in [2.24, 2.45) is 5.92 Å². The number of benzene rings is 1. The van der Waals surface area contributed by atoms with Gasteiger partial charge in [0.2, 0.25) is 5.65 Å². The average molecular weight is 340 g/mol. The normalized spacial score (nSPS) is 15.4. The van der Waals surface area contributed by atoms with E-state index in [4.69, 9.17) is 0 Å². The van der Waals surface area contributed by atoms with Gasteiger partial charge in [-0.1, -0.05) is 36.7 Å². The summed E-state index contributed by atoms with van der Waals surface area (Å²) in [5.74, 6) is 1.83. The lowest BCUT2D eigenvalue weighted by Gasteiger charge is -2.08. The first kappa shape index (κ1) is 15.4. The summed E-state index contributed by atoms with van der Waals surface area (Å²) in [7, 11) is 0. The highest BCUT2D eigenvalue weighted by molar-refractivity contribution is 7.99. The Morgan fingerprint density at radius 1 is 1.21 bits per heavy atom. The Hall–Kier alpha value is -2.08. The molecule has 5 nitrogen and oxygen atoms in total. The number of rotatable bonds is 4. The van der Waals surface area contributed by atoms with Gasteiger partial charge >= 0.3 is 5.56 Å². The number of hydrogen-bond acceptors (Lipinski definition) is 4. The molecule has 1 aliphatic carbocycles. The van der Waals surface area contributed by atoms with Gasteiger partial charge in [0.1, 0.15) is 0 Å². The molecule has 0 spiro atoms. The maximum absolute atomic E-state index is 12.7. The molecule has 2 heterocycles. The molecule has 0 atom stereocenters. The largest absolute Gasteiger partial charge is 0.300 e. The van der Waals surface area contributed by atoms with Crippen molar-refractivity contribution in [3.05, 3.63) is 52.6 Å². The van der Waals surface area contributed by atoms with Crippen LogP contribution in [0.1, 0.15) is 31.2 Å². The van der Waals surface area contributed by atoms with Crippen LogP contribution in [0.5, 0.6) is 0 Å². The molecule has 0 bridgehead atoms. The van der Waals surface area contributed by atoms with E-state index in [1.165, 1.54) is 25.7 Å². The second kappa shape index (κ2) is 6.43. The molecule has 124 valence electrons. The monoisotopic (exact) mass is 340 g/mol. The zero-order valence-corrected chi connectivity index (χ0v) is 14.5. The Bertz CT molecular complexity index is 924. The van der Waals surface area contributed by atoms with Crippen LogP contribution in [0.4, 0.5) is 0 Å². The number of hydrogen-bond donors (Lipinski definition) is 0. The third kappa shape index (κ3) is 2.86. The molecule has 1 aliphatic rings. The first-order chi connectivity index (χ1) is 11.7. The van der Waals surface area contributed by atoms with Crippen LogP contribution in [0.3, 0.4) is 0 Å². The van der Waals surface area contributed by atoms with E-state index in [9.17, 15) is 4.79 Å². The summed E-state index contributed by atoms with van der Waals surface area (Å²) in [6.07, 6.45) is 8.98. The van der Waals surface area contributed by atoms with Crippen LogP contribution in [0.15, 0.2) is 46.6 Å². The average Bonchev–Trinajstić information content (AvgIpc) is 3.23. The van der Waals surface area contributed by atoms with Crippen molar-refractivity contribution in [2.45, 2.75) is 37.8 Å². The lowest BCUT2D eigenvalue weighted by Crippen LogP contribution is -2.20. The van der Waals surface area contributed by atoms with Gasteiger partial charge in [0.25, 0.3) is 0 Å². The minimum absolute atomic E-state index is 0.136. The molecule has 0 aliphatic heterocycles. The number of nitrogens with zero attached hydrogens (tertiary/aromatic N) is 4. The van der Waals surface area contributed by atoms with Gasteiger partial charge in [-0.05, 0) is 43.4 Å². The molecule has 6 heteroatoms. The molecule has 1 aromatic carbocycles. The highest BCUT2D eigenvalue weighted by Gasteiger charge is 2.17. The van der Waals surface area contributed by atoms with Crippen LogP contribution in [-0.4, -0.2) is 24.9 Å². The number of aromatic nitrogens is 4. The van der Waals surface area contributed by atoms with Gasteiger partial charge in [0, 0.05) is 23.8 Å². The Kier molecular flexibility index (Phi) is 4.14. The zero-order valence-electron chi connectivity index (χ0n) is 13.7. The van der Waals surface area contributed by atoms with Crippen LogP contribution in [0.25, 0.3) is 11.3 Å². The van der Waals surface area contributed by atoms with Crippen molar-refractivity contribution in [2.75, 3.05) is 5.75 Å². The van der Waals surface area contributed by atoms with E-state index in [0.717, 1.165) is 28.1 Å². The smallest absolute Gasteiger partial charge is 0.280 e. The minimum atomic E-state index is -0.136. The first-order valence-electron chi connectivity index (χ1n) is 8.38. The van der Waals surface area contributed by atoms with E-state index in [1.54, 1.807) is 22.5 Å². The van der Waals surface area contributed by atoms with E-state index in [2.05, 4.69) is 10.2 Å². The van der Waals surface area contributed by atoms with Gasteiger partial charge in [-0.3, -0.25) is 13.8 Å². The topological polar surface area (TPSA) is 52.2 Å². The molecule has 0 unspecified atom stereocenters.